The van der Waals surface area contributed by atoms with Crippen molar-refractivity contribution >= 4 is 33.2 Å². The second-order valence-corrected chi connectivity index (χ2v) is 7.92. The number of hydrogen-bond donors (Lipinski definition) is 0. The molecule has 124 valence electrons. The van der Waals surface area contributed by atoms with Gasteiger partial charge in [-0.15, -0.1) is 11.3 Å². The molecular weight excluding hydrogens is 393 g/mol. The molecule has 0 aliphatic heterocycles. The number of benzene rings is 1. The minimum Gasteiger partial charge on any atom is -0.336 e. The number of nitrogens with zero attached hydrogens (tertiary/aromatic N) is 3. The van der Waals surface area contributed by atoms with Gasteiger partial charge in [0.15, 0.2) is 0 Å². The molecule has 2 aromatic heterocycles. The van der Waals surface area contributed by atoms with Crippen LogP contribution in [0.4, 0.5) is 4.39 Å². The maximum atomic E-state index is 14.0. The number of halogens is 2. The van der Waals surface area contributed by atoms with E-state index in [1.54, 1.807) is 48.4 Å². The van der Waals surface area contributed by atoms with Crippen LogP contribution in [0, 0.1) is 12.7 Å². The molecule has 3 aromatic rings. The number of rotatable bonds is 4. The standard InChI is InChI=1S/C17H15BrFN3OS/c1-11-13(9-20-22(11)15-6-4-3-5-14(15)19)17(23)21(2)10-12-7-8-16(18)24-12/h3-9H,10H2,1-2H3. The highest BCUT2D eigenvalue weighted by molar-refractivity contribution is 9.11. The number of hydrogen-bond acceptors (Lipinski definition) is 3. The summed E-state index contributed by atoms with van der Waals surface area (Å²) >= 11 is 5.01. The van der Waals surface area contributed by atoms with Crippen LogP contribution in [0.25, 0.3) is 5.69 Å². The maximum absolute atomic E-state index is 14.0. The van der Waals surface area contributed by atoms with Gasteiger partial charge in [0.1, 0.15) is 11.5 Å². The number of para-hydroxylation sites is 1. The molecule has 7 heteroatoms. The highest BCUT2D eigenvalue weighted by Crippen LogP contribution is 2.24. The van der Waals surface area contributed by atoms with Gasteiger partial charge in [0.05, 0.1) is 27.8 Å². The third-order valence-corrected chi connectivity index (χ3v) is 5.30. The summed E-state index contributed by atoms with van der Waals surface area (Å²) in [7, 11) is 1.75. The normalized spacial score (nSPS) is 10.8. The van der Waals surface area contributed by atoms with Crippen molar-refractivity contribution in [3.05, 3.63) is 68.3 Å². The largest absolute Gasteiger partial charge is 0.336 e. The zero-order chi connectivity index (χ0) is 17.3. The highest BCUT2D eigenvalue weighted by atomic mass is 79.9. The summed E-state index contributed by atoms with van der Waals surface area (Å²) in [5, 5.41) is 4.19. The lowest BCUT2D eigenvalue weighted by molar-refractivity contribution is 0.0785. The molecule has 0 aliphatic carbocycles. The van der Waals surface area contributed by atoms with Crippen LogP contribution in [0.5, 0.6) is 0 Å². The highest BCUT2D eigenvalue weighted by Gasteiger charge is 2.20. The Hall–Kier alpha value is -1.99. The fraction of sp³-hybridized carbons (Fsp3) is 0.176. The minimum atomic E-state index is -0.375. The van der Waals surface area contributed by atoms with E-state index in [4.69, 9.17) is 0 Å². The fourth-order valence-corrected chi connectivity index (χ4v) is 3.97. The Labute approximate surface area is 151 Å². The molecule has 0 bridgehead atoms. The fourth-order valence-electron chi connectivity index (χ4n) is 2.43. The van der Waals surface area contributed by atoms with Crippen LogP contribution in [0.3, 0.4) is 0 Å². The Morgan fingerprint density at radius 3 is 2.75 bits per heavy atom. The number of amides is 1. The molecule has 1 amide bonds. The molecule has 0 atom stereocenters. The van der Waals surface area contributed by atoms with Gasteiger partial charge in [0, 0.05) is 11.9 Å². The molecule has 0 radical (unpaired) electrons. The van der Waals surface area contributed by atoms with Crippen molar-refractivity contribution in [3.63, 3.8) is 0 Å². The molecule has 0 spiro atoms. The summed E-state index contributed by atoms with van der Waals surface area (Å²) in [5.41, 5.74) is 1.42. The Kier molecular flexibility index (Phi) is 4.82. The smallest absolute Gasteiger partial charge is 0.257 e. The summed E-state index contributed by atoms with van der Waals surface area (Å²) in [6.07, 6.45) is 1.49. The van der Waals surface area contributed by atoms with E-state index in [2.05, 4.69) is 21.0 Å². The lowest BCUT2D eigenvalue weighted by Gasteiger charge is -2.16. The SMILES string of the molecule is Cc1c(C(=O)N(C)Cc2ccc(Br)s2)cnn1-c1ccccc1F. The van der Waals surface area contributed by atoms with E-state index < -0.39 is 0 Å². The molecule has 4 nitrogen and oxygen atoms in total. The van der Waals surface area contributed by atoms with E-state index in [-0.39, 0.29) is 11.7 Å². The predicted molar refractivity (Wildman–Crippen MR) is 96.1 cm³/mol. The van der Waals surface area contributed by atoms with Gasteiger partial charge in [-0.25, -0.2) is 9.07 Å². The van der Waals surface area contributed by atoms with Crippen molar-refractivity contribution in [2.75, 3.05) is 7.05 Å². The Balaban J connectivity index is 1.85. The molecule has 1 aromatic carbocycles. The molecule has 0 N–H and O–H groups in total. The average molecular weight is 408 g/mol. The maximum Gasteiger partial charge on any atom is 0.257 e. The van der Waals surface area contributed by atoms with Gasteiger partial charge in [-0.3, -0.25) is 4.79 Å². The van der Waals surface area contributed by atoms with Gasteiger partial charge < -0.3 is 4.90 Å². The third kappa shape index (κ3) is 3.27. The van der Waals surface area contributed by atoms with Gasteiger partial charge in [-0.05, 0) is 47.1 Å². The van der Waals surface area contributed by atoms with Gasteiger partial charge in [0.25, 0.3) is 5.91 Å². The first-order chi connectivity index (χ1) is 11.5. The second-order valence-electron chi connectivity index (χ2n) is 5.37. The van der Waals surface area contributed by atoms with Crippen molar-refractivity contribution in [2.45, 2.75) is 13.5 Å². The van der Waals surface area contributed by atoms with Crippen LogP contribution in [0.1, 0.15) is 20.9 Å². The first-order valence-electron chi connectivity index (χ1n) is 7.26. The average Bonchev–Trinajstić information content (AvgIpc) is 3.13. The van der Waals surface area contributed by atoms with Crippen LogP contribution < -0.4 is 0 Å². The van der Waals surface area contributed by atoms with Crippen molar-refractivity contribution in [3.8, 4) is 5.69 Å². The summed E-state index contributed by atoms with van der Waals surface area (Å²) in [5.74, 6) is -0.515. The van der Waals surface area contributed by atoms with Crippen LogP contribution in [0.15, 0.2) is 46.4 Å². The van der Waals surface area contributed by atoms with E-state index in [0.29, 0.717) is 23.5 Å². The predicted octanol–water partition coefficient (Wildman–Crippen LogP) is 4.42. The van der Waals surface area contributed by atoms with Gasteiger partial charge in [-0.1, -0.05) is 12.1 Å². The molecule has 2 heterocycles. The first kappa shape index (κ1) is 16.9. The molecule has 0 fully saturated rings. The quantitative estimate of drug-likeness (QED) is 0.641. The second kappa shape index (κ2) is 6.86. The number of carbonyl (C=O) groups excluding carboxylic acids is 1. The summed E-state index contributed by atoms with van der Waals surface area (Å²) < 4.78 is 16.4. The van der Waals surface area contributed by atoms with Crippen LogP contribution in [-0.4, -0.2) is 27.6 Å². The van der Waals surface area contributed by atoms with Gasteiger partial charge >= 0.3 is 0 Å². The Morgan fingerprint density at radius 2 is 2.08 bits per heavy atom. The van der Waals surface area contributed by atoms with E-state index >= 15 is 0 Å². The summed E-state index contributed by atoms with van der Waals surface area (Å²) in [6.45, 7) is 2.28. The van der Waals surface area contributed by atoms with Crippen molar-refractivity contribution in [2.24, 2.45) is 0 Å². The van der Waals surface area contributed by atoms with Gasteiger partial charge in [-0.2, -0.15) is 5.10 Å². The molecule has 0 aliphatic rings. The molecule has 24 heavy (non-hydrogen) atoms. The molecule has 0 saturated heterocycles. The molecule has 0 saturated carbocycles. The van der Waals surface area contributed by atoms with Crippen LogP contribution in [-0.2, 0) is 6.54 Å². The topological polar surface area (TPSA) is 38.1 Å². The molecular formula is C17H15BrFN3OS. The molecule has 3 rings (SSSR count). The van der Waals surface area contributed by atoms with Gasteiger partial charge in [0.2, 0.25) is 0 Å². The number of aromatic nitrogens is 2. The first-order valence-corrected chi connectivity index (χ1v) is 8.87. The van der Waals surface area contributed by atoms with Crippen molar-refractivity contribution in [1.82, 2.24) is 14.7 Å². The van der Waals surface area contributed by atoms with E-state index in [1.165, 1.54) is 16.9 Å². The number of carbonyl (C=O) groups is 1. The van der Waals surface area contributed by atoms with E-state index in [9.17, 15) is 9.18 Å². The van der Waals surface area contributed by atoms with E-state index in [0.717, 1.165) is 8.66 Å². The third-order valence-electron chi connectivity index (χ3n) is 3.69. The zero-order valence-electron chi connectivity index (χ0n) is 13.2. The van der Waals surface area contributed by atoms with E-state index in [1.807, 2.05) is 12.1 Å². The van der Waals surface area contributed by atoms with Crippen LogP contribution >= 0.6 is 27.3 Å². The summed E-state index contributed by atoms with van der Waals surface area (Å²) in [6, 6.07) is 10.3. The summed E-state index contributed by atoms with van der Waals surface area (Å²) in [4.78, 5) is 15.4. The minimum absolute atomic E-state index is 0.139. The monoisotopic (exact) mass is 407 g/mol. The zero-order valence-corrected chi connectivity index (χ0v) is 15.6. The Bertz CT molecular complexity index is 890. The van der Waals surface area contributed by atoms with Crippen molar-refractivity contribution < 1.29 is 9.18 Å². The number of thiophene rings is 1. The van der Waals surface area contributed by atoms with Crippen LogP contribution in [0.2, 0.25) is 0 Å². The van der Waals surface area contributed by atoms with Crippen molar-refractivity contribution in [1.29, 1.82) is 0 Å². The lowest BCUT2D eigenvalue weighted by atomic mass is 10.2. The Morgan fingerprint density at radius 1 is 1.33 bits per heavy atom. The lowest BCUT2D eigenvalue weighted by Crippen LogP contribution is -2.26. The molecule has 0 unspecified atom stereocenters.